The second-order valence-corrected chi connectivity index (χ2v) is 3.77. The molecule has 94 valence electrons. The van der Waals surface area contributed by atoms with E-state index in [-0.39, 0.29) is 12.3 Å². The van der Waals surface area contributed by atoms with Gasteiger partial charge in [-0.15, -0.1) is 0 Å². The number of carbonyl (C=O) groups is 1. The van der Waals surface area contributed by atoms with Crippen molar-refractivity contribution in [2.75, 3.05) is 0 Å². The number of nitrogens with one attached hydrogen (secondary N) is 1. The van der Waals surface area contributed by atoms with Gasteiger partial charge in [-0.25, -0.2) is 9.59 Å². The van der Waals surface area contributed by atoms with Crippen molar-refractivity contribution in [3.05, 3.63) is 56.3 Å². The van der Waals surface area contributed by atoms with Crippen molar-refractivity contribution in [3.8, 4) is 0 Å². The van der Waals surface area contributed by atoms with Gasteiger partial charge < -0.3 is 9.52 Å². The number of nitrogens with zero attached hydrogens (tertiary/aromatic N) is 1. The Morgan fingerprint density at radius 3 is 2.78 bits per heavy atom. The van der Waals surface area contributed by atoms with E-state index in [9.17, 15) is 14.4 Å². The smallest absolute Gasteiger partial charge is 0.372 e. The molecule has 0 fully saturated rings. The van der Waals surface area contributed by atoms with E-state index in [1.54, 1.807) is 13.0 Å². The van der Waals surface area contributed by atoms with Crippen molar-refractivity contribution in [2.45, 2.75) is 13.5 Å². The van der Waals surface area contributed by atoms with Gasteiger partial charge in [-0.1, -0.05) is 0 Å². The lowest BCUT2D eigenvalue weighted by Crippen LogP contribution is -2.28. The number of rotatable bonds is 3. The summed E-state index contributed by atoms with van der Waals surface area (Å²) in [7, 11) is 0. The molecule has 0 bridgehead atoms. The Labute approximate surface area is 100 Å². The van der Waals surface area contributed by atoms with E-state index < -0.39 is 17.2 Å². The van der Waals surface area contributed by atoms with Gasteiger partial charge in [0.1, 0.15) is 5.76 Å². The standard InChI is InChI=1S/C11H10N2O5/c1-6-4-7(18-9(6)10(15)16)5-13-3-2-8(14)12-11(13)17/h2-4H,5H2,1H3,(H,15,16)(H,12,14,17). The topological polar surface area (TPSA) is 105 Å². The molecule has 0 aliphatic heterocycles. The van der Waals surface area contributed by atoms with Crippen molar-refractivity contribution in [1.82, 2.24) is 9.55 Å². The molecule has 0 unspecified atom stereocenters. The minimum atomic E-state index is -1.16. The van der Waals surface area contributed by atoms with Crippen molar-refractivity contribution in [3.63, 3.8) is 0 Å². The molecule has 0 amide bonds. The van der Waals surface area contributed by atoms with Crippen LogP contribution in [0.25, 0.3) is 0 Å². The highest BCUT2D eigenvalue weighted by molar-refractivity contribution is 5.86. The lowest BCUT2D eigenvalue weighted by Gasteiger charge is -2.00. The summed E-state index contributed by atoms with van der Waals surface area (Å²) in [6.45, 7) is 1.66. The third-order valence-corrected chi connectivity index (χ3v) is 2.39. The number of aromatic carboxylic acids is 1. The third kappa shape index (κ3) is 2.24. The maximum atomic E-state index is 11.4. The molecule has 0 aromatic carbocycles. The van der Waals surface area contributed by atoms with Crippen LogP contribution in [0.15, 0.2) is 32.3 Å². The molecule has 2 N–H and O–H groups in total. The highest BCUT2D eigenvalue weighted by Gasteiger charge is 2.14. The minimum absolute atomic E-state index is 0.0593. The molecular formula is C11H10N2O5. The molecule has 2 rings (SSSR count). The van der Waals surface area contributed by atoms with Crippen LogP contribution >= 0.6 is 0 Å². The Balaban J connectivity index is 2.34. The zero-order valence-corrected chi connectivity index (χ0v) is 9.47. The van der Waals surface area contributed by atoms with E-state index in [1.165, 1.54) is 16.8 Å². The molecule has 7 heteroatoms. The summed E-state index contributed by atoms with van der Waals surface area (Å²) in [5.41, 5.74) is -0.582. The van der Waals surface area contributed by atoms with Crippen molar-refractivity contribution in [2.24, 2.45) is 0 Å². The lowest BCUT2D eigenvalue weighted by molar-refractivity contribution is 0.0659. The molecular weight excluding hydrogens is 240 g/mol. The maximum Gasteiger partial charge on any atom is 0.372 e. The Morgan fingerprint density at radius 1 is 1.50 bits per heavy atom. The fraction of sp³-hybridized carbons (Fsp3) is 0.182. The van der Waals surface area contributed by atoms with Crippen LogP contribution in [-0.2, 0) is 6.54 Å². The van der Waals surface area contributed by atoms with Crippen LogP contribution in [0.5, 0.6) is 0 Å². The molecule has 2 aromatic heterocycles. The van der Waals surface area contributed by atoms with Crippen LogP contribution in [0.3, 0.4) is 0 Å². The van der Waals surface area contributed by atoms with Gasteiger partial charge in [0.2, 0.25) is 5.76 Å². The van der Waals surface area contributed by atoms with Crippen molar-refractivity contribution in [1.29, 1.82) is 0 Å². The zero-order chi connectivity index (χ0) is 13.3. The number of furan rings is 1. The van der Waals surface area contributed by atoms with Gasteiger partial charge in [-0.2, -0.15) is 0 Å². The van der Waals surface area contributed by atoms with Crippen molar-refractivity contribution >= 4 is 5.97 Å². The number of aryl methyl sites for hydroxylation is 1. The van der Waals surface area contributed by atoms with E-state index in [2.05, 4.69) is 4.98 Å². The molecule has 0 aliphatic rings. The normalized spacial score (nSPS) is 10.5. The molecule has 0 aliphatic carbocycles. The molecule has 0 radical (unpaired) electrons. The van der Waals surface area contributed by atoms with Crippen LogP contribution in [-0.4, -0.2) is 20.6 Å². The second-order valence-electron chi connectivity index (χ2n) is 3.77. The first-order valence-electron chi connectivity index (χ1n) is 5.10. The van der Waals surface area contributed by atoms with Crippen LogP contribution in [0.2, 0.25) is 0 Å². The molecule has 0 atom stereocenters. The van der Waals surface area contributed by atoms with Gasteiger partial charge >= 0.3 is 11.7 Å². The fourth-order valence-electron chi connectivity index (χ4n) is 1.57. The van der Waals surface area contributed by atoms with Gasteiger partial charge in [-0.3, -0.25) is 14.3 Å². The molecule has 0 saturated heterocycles. The Bertz CT molecular complexity index is 707. The van der Waals surface area contributed by atoms with Crippen LogP contribution < -0.4 is 11.2 Å². The Hall–Kier alpha value is -2.57. The number of carboxylic acid groups (broad SMARTS) is 1. The summed E-state index contributed by atoms with van der Waals surface area (Å²) >= 11 is 0. The van der Waals surface area contributed by atoms with Crippen LogP contribution in [0.1, 0.15) is 21.9 Å². The molecule has 0 spiro atoms. The third-order valence-electron chi connectivity index (χ3n) is 2.39. The van der Waals surface area contributed by atoms with Gasteiger partial charge in [0.05, 0.1) is 6.54 Å². The van der Waals surface area contributed by atoms with Gasteiger partial charge in [0, 0.05) is 17.8 Å². The molecule has 2 heterocycles. The number of carboxylic acids is 1. The van der Waals surface area contributed by atoms with Crippen molar-refractivity contribution < 1.29 is 14.3 Å². The highest BCUT2D eigenvalue weighted by Crippen LogP contribution is 2.14. The summed E-state index contributed by atoms with van der Waals surface area (Å²) in [6, 6.07) is 2.75. The van der Waals surface area contributed by atoms with E-state index in [4.69, 9.17) is 9.52 Å². The maximum absolute atomic E-state index is 11.4. The van der Waals surface area contributed by atoms with Crippen LogP contribution in [0.4, 0.5) is 0 Å². The quantitative estimate of drug-likeness (QED) is 0.808. The van der Waals surface area contributed by atoms with Gasteiger partial charge in [0.15, 0.2) is 0 Å². The Kier molecular flexibility index (Phi) is 2.88. The fourth-order valence-corrected chi connectivity index (χ4v) is 1.57. The average Bonchev–Trinajstić information content (AvgIpc) is 2.64. The van der Waals surface area contributed by atoms with Gasteiger partial charge in [-0.05, 0) is 13.0 Å². The number of hydrogen-bond donors (Lipinski definition) is 2. The number of hydrogen-bond acceptors (Lipinski definition) is 4. The number of aromatic amines is 1. The first-order valence-corrected chi connectivity index (χ1v) is 5.10. The minimum Gasteiger partial charge on any atom is -0.475 e. The predicted molar refractivity (Wildman–Crippen MR) is 60.8 cm³/mol. The van der Waals surface area contributed by atoms with Gasteiger partial charge in [0.25, 0.3) is 5.56 Å². The molecule has 7 nitrogen and oxygen atoms in total. The summed E-state index contributed by atoms with van der Waals surface area (Å²) < 4.78 is 6.33. The van der Waals surface area contributed by atoms with E-state index in [0.29, 0.717) is 11.3 Å². The number of aromatic nitrogens is 2. The Morgan fingerprint density at radius 2 is 2.22 bits per heavy atom. The zero-order valence-electron chi connectivity index (χ0n) is 9.47. The predicted octanol–water partition coefficient (Wildman–Crippen LogP) is 0.185. The van der Waals surface area contributed by atoms with Crippen LogP contribution in [0, 0.1) is 6.92 Å². The summed E-state index contributed by atoms with van der Waals surface area (Å²) in [6.07, 6.45) is 1.32. The summed E-state index contributed by atoms with van der Waals surface area (Å²) in [5, 5.41) is 8.83. The first kappa shape index (κ1) is 11.9. The average molecular weight is 250 g/mol. The molecule has 2 aromatic rings. The van der Waals surface area contributed by atoms with E-state index in [1.807, 2.05) is 0 Å². The van der Waals surface area contributed by atoms with E-state index >= 15 is 0 Å². The summed E-state index contributed by atoms with van der Waals surface area (Å²) in [5.74, 6) is -0.978. The second kappa shape index (κ2) is 4.36. The first-order chi connectivity index (χ1) is 8.47. The molecule has 0 saturated carbocycles. The van der Waals surface area contributed by atoms with E-state index in [0.717, 1.165) is 0 Å². The molecule has 18 heavy (non-hydrogen) atoms. The summed E-state index contributed by atoms with van der Waals surface area (Å²) in [4.78, 5) is 35.2. The monoisotopic (exact) mass is 250 g/mol. The number of H-pyrrole nitrogens is 1. The SMILES string of the molecule is Cc1cc(Cn2ccc(=O)[nH]c2=O)oc1C(=O)O. The largest absolute Gasteiger partial charge is 0.475 e. The lowest BCUT2D eigenvalue weighted by atomic mass is 10.2. The highest BCUT2D eigenvalue weighted by atomic mass is 16.4.